The second-order valence-electron chi connectivity index (χ2n) is 4.67. The van der Waals surface area contributed by atoms with Crippen molar-refractivity contribution in [3.63, 3.8) is 0 Å². The molecule has 0 aliphatic heterocycles. The second kappa shape index (κ2) is 7.59. The lowest BCUT2D eigenvalue weighted by Gasteiger charge is -2.17. The van der Waals surface area contributed by atoms with Gasteiger partial charge in [0.05, 0.1) is 0 Å². The highest BCUT2D eigenvalue weighted by Gasteiger charge is 2.32. The van der Waals surface area contributed by atoms with E-state index in [0.29, 0.717) is 5.56 Å². The minimum Gasteiger partial charge on any atom is -0.481 e. The van der Waals surface area contributed by atoms with E-state index in [2.05, 4.69) is 0 Å². The summed E-state index contributed by atoms with van der Waals surface area (Å²) in [5.74, 6) is -3.86. The molecule has 2 rings (SSSR count). The molecule has 4 N–H and O–H groups in total. The molecule has 22 heavy (non-hydrogen) atoms. The van der Waals surface area contributed by atoms with E-state index < -0.39 is 23.9 Å². The molecule has 0 spiro atoms. The molecular weight excluding hydrogens is 306 g/mol. The van der Waals surface area contributed by atoms with Crippen LogP contribution in [0.1, 0.15) is 11.5 Å². The predicted molar refractivity (Wildman–Crippen MR) is 85.1 cm³/mol. The van der Waals surface area contributed by atoms with Crippen LogP contribution in [0.15, 0.2) is 54.6 Å². The molecule has 0 amide bonds. The van der Waals surface area contributed by atoms with Gasteiger partial charge in [-0.1, -0.05) is 54.6 Å². The maximum Gasteiger partial charge on any atom is 0.321 e. The Kier molecular flexibility index (Phi) is 6.10. The van der Waals surface area contributed by atoms with Gasteiger partial charge in [-0.2, -0.15) is 0 Å². The fraction of sp³-hybridized carbons (Fsp3) is 0.125. The van der Waals surface area contributed by atoms with E-state index in [-0.39, 0.29) is 12.4 Å². The smallest absolute Gasteiger partial charge is 0.321 e. The Morgan fingerprint density at radius 2 is 1.32 bits per heavy atom. The highest BCUT2D eigenvalue weighted by molar-refractivity contribution is 5.86. The molecule has 0 heterocycles. The molecule has 2 aromatic rings. The van der Waals surface area contributed by atoms with Gasteiger partial charge in [-0.25, -0.2) is 0 Å². The molecule has 0 aliphatic carbocycles. The van der Waals surface area contributed by atoms with E-state index in [4.69, 9.17) is 10.8 Å². The van der Waals surface area contributed by atoms with E-state index >= 15 is 0 Å². The van der Waals surface area contributed by atoms with Crippen molar-refractivity contribution in [3.8, 4) is 11.1 Å². The zero-order chi connectivity index (χ0) is 15.4. The number of carboxylic acid groups (broad SMARTS) is 2. The fourth-order valence-electron chi connectivity index (χ4n) is 2.16. The Morgan fingerprint density at radius 3 is 1.77 bits per heavy atom. The van der Waals surface area contributed by atoms with E-state index in [1.165, 1.54) is 0 Å². The summed E-state index contributed by atoms with van der Waals surface area (Å²) in [6.07, 6.45) is 0. The van der Waals surface area contributed by atoms with Crippen molar-refractivity contribution < 1.29 is 19.8 Å². The largest absolute Gasteiger partial charge is 0.481 e. The first kappa shape index (κ1) is 17.7. The van der Waals surface area contributed by atoms with Gasteiger partial charge in [-0.3, -0.25) is 9.59 Å². The third-order valence-electron chi connectivity index (χ3n) is 3.29. The van der Waals surface area contributed by atoms with Crippen LogP contribution in [-0.4, -0.2) is 28.2 Å². The standard InChI is InChI=1S/C16H15NO4.ClH/c17-14(16(20)21)13(15(18)19)12-8-6-11(7-9-12)10-4-2-1-3-5-10;/h1-9,13-14H,17H2,(H,18,19)(H,20,21);1H. The Hall–Kier alpha value is -2.37. The lowest BCUT2D eigenvalue weighted by molar-refractivity contribution is -0.146. The number of carbonyl (C=O) groups is 2. The third-order valence-corrected chi connectivity index (χ3v) is 3.29. The van der Waals surface area contributed by atoms with Crippen molar-refractivity contribution in [2.75, 3.05) is 0 Å². The van der Waals surface area contributed by atoms with Gasteiger partial charge in [0.25, 0.3) is 0 Å². The van der Waals surface area contributed by atoms with Gasteiger partial charge in [0.15, 0.2) is 0 Å². The van der Waals surface area contributed by atoms with E-state index in [1.54, 1.807) is 24.3 Å². The molecule has 2 atom stereocenters. The van der Waals surface area contributed by atoms with Crippen LogP contribution in [0.25, 0.3) is 11.1 Å². The number of rotatable bonds is 5. The average molecular weight is 322 g/mol. The highest BCUT2D eigenvalue weighted by atomic mass is 35.5. The molecule has 5 nitrogen and oxygen atoms in total. The fourth-order valence-corrected chi connectivity index (χ4v) is 2.16. The van der Waals surface area contributed by atoms with Gasteiger partial charge < -0.3 is 15.9 Å². The first-order chi connectivity index (χ1) is 10.0. The topological polar surface area (TPSA) is 101 Å². The Morgan fingerprint density at radius 1 is 0.818 bits per heavy atom. The summed E-state index contributed by atoms with van der Waals surface area (Å²) < 4.78 is 0. The van der Waals surface area contributed by atoms with Crippen LogP contribution in [0.4, 0.5) is 0 Å². The van der Waals surface area contributed by atoms with Crippen LogP contribution in [0.2, 0.25) is 0 Å². The zero-order valence-electron chi connectivity index (χ0n) is 11.5. The number of aliphatic carboxylic acids is 2. The van der Waals surface area contributed by atoms with Crippen molar-refractivity contribution in [2.45, 2.75) is 12.0 Å². The summed E-state index contributed by atoms with van der Waals surface area (Å²) in [6, 6.07) is 14.8. The molecule has 0 radical (unpaired) electrons. The minimum absolute atomic E-state index is 0. The number of benzene rings is 2. The lowest BCUT2D eigenvalue weighted by atomic mass is 9.90. The first-order valence-corrected chi connectivity index (χ1v) is 6.37. The third kappa shape index (κ3) is 3.84. The monoisotopic (exact) mass is 321 g/mol. The van der Waals surface area contributed by atoms with Gasteiger partial charge >= 0.3 is 11.9 Å². The van der Waals surface area contributed by atoms with Crippen molar-refractivity contribution in [1.82, 2.24) is 0 Å². The maximum absolute atomic E-state index is 11.3. The van der Waals surface area contributed by atoms with Crippen molar-refractivity contribution in [1.29, 1.82) is 0 Å². The summed E-state index contributed by atoms with van der Waals surface area (Å²) in [5, 5.41) is 18.1. The van der Waals surface area contributed by atoms with Gasteiger partial charge in [-0.15, -0.1) is 12.4 Å². The summed E-state index contributed by atoms with van der Waals surface area (Å²) in [5.41, 5.74) is 7.76. The molecule has 6 heteroatoms. The van der Waals surface area contributed by atoms with Crippen molar-refractivity contribution >= 4 is 24.3 Å². The zero-order valence-corrected chi connectivity index (χ0v) is 12.4. The van der Waals surface area contributed by atoms with E-state index in [9.17, 15) is 14.7 Å². The number of carboxylic acids is 2. The van der Waals surface area contributed by atoms with E-state index in [1.807, 2.05) is 30.3 Å². The molecule has 2 aromatic carbocycles. The molecule has 0 bridgehead atoms. The molecular formula is C16H16ClNO4. The quantitative estimate of drug-likeness (QED) is 0.784. The van der Waals surface area contributed by atoms with Gasteiger partial charge in [0, 0.05) is 0 Å². The van der Waals surface area contributed by atoms with Gasteiger partial charge in [0.1, 0.15) is 12.0 Å². The number of nitrogens with two attached hydrogens (primary N) is 1. The number of halogens is 1. The highest BCUT2D eigenvalue weighted by Crippen LogP contribution is 2.24. The molecule has 0 fully saturated rings. The molecule has 116 valence electrons. The minimum atomic E-state index is -1.48. The predicted octanol–water partition coefficient (Wildman–Crippen LogP) is 2.36. The molecule has 2 unspecified atom stereocenters. The number of hydrogen-bond acceptors (Lipinski definition) is 3. The van der Waals surface area contributed by atoms with E-state index in [0.717, 1.165) is 11.1 Å². The van der Waals surface area contributed by atoms with Crippen LogP contribution in [-0.2, 0) is 9.59 Å². The van der Waals surface area contributed by atoms with Gasteiger partial charge in [-0.05, 0) is 16.7 Å². The van der Waals surface area contributed by atoms with Crippen LogP contribution in [0.3, 0.4) is 0 Å². The normalized spacial score (nSPS) is 12.8. The summed E-state index contributed by atoms with van der Waals surface area (Å²) in [7, 11) is 0. The second-order valence-corrected chi connectivity index (χ2v) is 4.67. The maximum atomic E-state index is 11.3. The SMILES string of the molecule is Cl.NC(C(=O)O)C(C(=O)O)c1ccc(-c2ccccc2)cc1. The van der Waals surface area contributed by atoms with Crippen LogP contribution >= 0.6 is 12.4 Å². The lowest BCUT2D eigenvalue weighted by Crippen LogP contribution is -2.40. The molecule has 0 aromatic heterocycles. The summed E-state index contributed by atoms with van der Waals surface area (Å²) >= 11 is 0. The van der Waals surface area contributed by atoms with Crippen LogP contribution < -0.4 is 5.73 Å². The Labute approximate surface area is 133 Å². The van der Waals surface area contributed by atoms with Crippen LogP contribution in [0, 0.1) is 0 Å². The summed E-state index contributed by atoms with van der Waals surface area (Å²) in [6.45, 7) is 0. The molecule has 0 saturated heterocycles. The first-order valence-electron chi connectivity index (χ1n) is 6.37. The van der Waals surface area contributed by atoms with Gasteiger partial charge in [0.2, 0.25) is 0 Å². The number of hydrogen-bond donors (Lipinski definition) is 3. The average Bonchev–Trinajstić information content (AvgIpc) is 2.48. The molecule has 0 aliphatic rings. The molecule has 0 saturated carbocycles. The Balaban J connectivity index is 0.00000242. The summed E-state index contributed by atoms with van der Waals surface area (Å²) in [4.78, 5) is 22.2. The van der Waals surface area contributed by atoms with Crippen LogP contribution in [0.5, 0.6) is 0 Å². The van der Waals surface area contributed by atoms with Crippen molar-refractivity contribution in [3.05, 3.63) is 60.2 Å². The Bertz CT molecular complexity index is 643. The van der Waals surface area contributed by atoms with Crippen molar-refractivity contribution in [2.24, 2.45) is 5.73 Å².